The number of benzene rings is 1. The van der Waals surface area contributed by atoms with Crippen LogP contribution in [0.1, 0.15) is 25.8 Å². The van der Waals surface area contributed by atoms with Crippen LogP contribution < -0.4 is 10.6 Å². The van der Waals surface area contributed by atoms with Crippen LogP contribution in [0.2, 0.25) is 0 Å². The zero-order valence-electron chi connectivity index (χ0n) is 10.0. The maximum absolute atomic E-state index is 11.5. The number of urea groups is 1. The fraction of sp³-hybridized carbons (Fsp3) is 0.308. The Morgan fingerprint density at radius 1 is 1.38 bits per heavy atom. The van der Waals surface area contributed by atoms with E-state index in [2.05, 4.69) is 10.6 Å². The number of allylic oxidation sites excluding steroid dienone is 1. The average molecular weight is 218 g/mol. The van der Waals surface area contributed by atoms with Crippen LogP contribution in [0.3, 0.4) is 0 Å². The van der Waals surface area contributed by atoms with E-state index in [1.807, 2.05) is 45.0 Å². The summed E-state index contributed by atoms with van der Waals surface area (Å²) in [6.07, 6.45) is 2.66. The van der Waals surface area contributed by atoms with Gasteiger partial charge in [0.25, 0.3) is 0 Å². The van der Waals surface area contributed by atoms with Crippen molar-refractivity contribution in [2.24, 2.45) is 0 Å². The molecule has 1 rings (SSSR count). The van der Waals surface area contributed by atoms with Gasteiger partial charge in [0.1, 0.15) is 0 Å². The molecular formula is C13H18N2O. The van der Waals surface area contributed by atoms with Gasteiger partial charge >= 0.3 is 6.03 Å². The summed E-state index contributed by atoms with van der Waals surface area (Å²) in [5.41, 5.74) is 3.02. The second-order valence-electron chi connectivity index (χ2n) is 3.76. The van der Waals surface area contributed by atoms with Gasteiger partial charge < -0.3 is 10.6 Å². The molecule has 0 aliphatic heterocycles. The first-order chi connectivity index (χ1) is 7.63. The fourth-order valence-electron chi connectivity index (χ4n) is 1.16. The summed E-state index contributed by atoms with van der Waals surface area (Å²) in [4.78, 5) is 11.5. The van der Waals surface area contributed by atoms with Crippen molar-refractivity contribution in [1.82, 2.24) is 5.32 Å². The number of amides is 2. The van der Waals surface area contributed by atoms with E-state index in [0.29, 0.717) is 0 Å². The zero-order chi connectivity index (χ0) is 12.0. The topological polar surface area (TPSA) is 41.1 Å². The van der Waals surface area contributed by atoms with Crippen LogP contribution in [-0.2, 0) is 0 Å². The monoisotopic (exact) mass is 218 g/mol. The molecule has 0 bridgehead atoms. The van der Waals surface area contributed by atoms with Gasteiger partial charge in [-0.25, -0.2) is 4.79 Å². The van der Waals surface area contributed by atoms with Gasteiger partial charge in [0.05, 0.1) is 0 Å². The molecule has 0 aliphatic rings. The van der Waals surface area contributed by atoms with Crippen molar-refractivity contribution >= 4 is 11.7 Å². The maximum Gasteiger partial charge on any atom is 0.323 e. The minimum absolute atomic E-state index is 0.206. The highest BCUT2D eigenvalue weighted by Gasteiger charge is 2.01. The number of nitrogens with one attached hydrogen (secondary N) is 2. The first-order valence-corrected chi connectivity index (χ1v) is 5.42. The molecule has 0 aromatic heterocycles. The lowest BCUT2D eigenvalue weighted by Crippen LogP contribution is -2.24. The van der Waals surface area contributed by atoms with Crippen molar-refractivity contribution in [3.63, 3.8) is 0 Å². The van der Waals surface area contributed by atoms with Crippen LogP contribution in [0.15, 0.2) is 36.0 Å². The molecule has 0 fully saturated rings. The van der Waals surface area contributed by atoms with Gasteiger partial charge in [-0.3, -0.25) is 0 Å². The number of aryl methyl sites for hydroxylation is 1. The minimum Gasteiger partial charge on any atom is -0.314 e. The fourth-order valence-corrected chi connectivity index (χ4v) is 1.16. The van der Waals surface area contributed by atoms with Gasteiger partial charge in [0.15, 0.2) is 0 Å². The Balaban J connectivity index is 2.56. The Kier molecular flexibility index (Phi) is 4.58. The molecular weight excluding hydrogens is 200 g/mol. The van der Waals surface area contributed by atoms with Gasteiger partial charge in [0.2, 0.25) is 0 Å². The molecule has 0 spiro atoms. The number of hydrogen-bond acceptors (Lipinski definition) is 1. The second kappa shape index (κ2) is 5.95. The van der Waals surface area contributed by atoms with Crippen LogP contribution in [0.25, 0.3) is 0 Å². The molecule has 16 heavy (non-hydrogen) atoms. The normalized spacial score (nSPS) is 11.1. The Bertz CT molecular complexity index is 397. The number of hydrogen-bond donors (Lipinski definition) is 2. The number of para-hydroxylation sites is 1. The largest absolute Gasteiger partial charge is 0.323 e. The molecule has 86 valence electrons. The lowest BCUT2D eigenvalue weighted by atomic mass is 10.2. The molecule has 0 unspecified atom stereocenters. The van der Waals surface area contributed by atoms with Crippen molar-refractivity contribution in [2.45, 2.75) is 27.2 Å². The van der Waals surface area contributed by atoms with E-state index in [4.69, 9.17) is 0 Å². The van der Waals surface area contributed by atoms with E-state index in [0.717, 1.165) is 23.2 Å². The van der Waals surface area contributed by atoms with Gasteiger partial charge in [-0.2, -0.15) is 0 Å². The van der Waals surface area contributed by atoms with E-state index in [9.17, 15) is 4.79 Å². The summed E-state index contributed by atoms with van der Waals surface area (Å²) in [6, 6.07) is 7.48. The third-order valence-electron chi connectivity index (χ3n) is 2.40. The van der Waals surface area contributed by atoms with Gasteiger partial charge in [-0.05, 0) is 31.9 Å². The molecule has 3 nitrogen and oxygen atoms in total. The lowest BCUT2D eigenvalue weighted by molar-refractivity contribution is 0.255. The highest BCUT2D eigenvalue weighted by atomic mass is 16.2. The average Bonchev–Trinajstić information content (AvgIpc) is 2.29. The number of carbonyl (C=O) groups is 1. The zero-order valence-corrected chi connectivity index (χ0v) is 10.0. The van der Waals surface area contributed by atoms with E-state index < -0.39 is 0 Å². The minimum atomic E-state index is -0.206. The van der Waals surface area contributed by atoms with E-state index in [1.54, 1.807) is 6.20 Å². The Morgan fingerprint density at radius 3 is 2.69 bits per heavy atom. The van der Waals surface area contributed by atoms with E-state index in [1.165, 1.54) is 0 Å². The van der Waals surface area contributed by atoms with Crippen LogP contribution in [0.5, 0.6) is 0 Å². The van der Waals surface area contributed by atoms with Crippen LogP contribution in [0.4, 0.5) is 10.5 Å². The van der Waals surface area contributed by atoms with Crippen molar-refractivity contribution in [2.75, 3.05) is 5.32 Å². The van der Waals surface area contributed by atoms with Crippen molar-refractivity contribution in [1.29, 1.82) is 0 Å². The van der Waals surface area contributed by atoms with Gasteiger partial charge in [-0.1, -0.05) is 30.7 Å². The van der Waals surface area contributed by atoms with E-state index in [-0.39, 0.29) is 6.03 Å². The first-order valence-electron chi connectivity index (χ1n) is 5.42. The summed E-state index contributed by atoms with van der Waals surface area (Å²) in [7, 11) is 0. The molecule has 0 heterocycles. The summed E-state index contributed by atoms with van der Waals surface area (Å²) < 4.78 is 0. The van der Waals surface area contributed by atoms with Crippen molar-refractivity contribution in [3.05, 3.63) is 41.6 Å². The molecule has 2 amide bonds. The quantitative estimate of drug-likeness (QED) is 0.801. The second-order valence-corrected chi connectivity index (χ2v) is 3.76. The Labute approximate surface area is 96.6 Å². The highest BCUT2D eigenvalue weighted by Crippen LogP contribution is 2.12. The summed E-state index contributed by atoms with van der Waals surface area (Å²) in [5, 5.41) is 5.49. The summed E-state index contributed by atoms with van der Waals surface area (Å²) in [5.74, 6) is 0. The van der Waals surface area contributed by atoms with Crippen LogP contribution >= 0.6 is 0 Å². The maximum atomic E-state index is 11.5. The number of carbonyl (C=O) groups excluding carboxylic acids is 1. The lowest BCUT2D eigenvalue weighted by Gasteiger charge is -2.07. The molecule has 0 radical (unpaired) electrons. The molecule has 1 aromatic carbocycles. The third-order valence-corrected chi connectivity index (χ3v) is 2.40. The number of anilines is 1. The SMILES string of the molecule is CC/C(C)=C/NC(=O)Nc1ccccc1C. The molecule has 0 atom stereocenters. The van der Waals surface area contributed by atoms with Crippen molar-refractivity contribution < 1.29 is 4.79 Å². The predicted octanol–water partition coefficient (Wildman–Crippen LogP) is 3.43. The van der Waals surface area contributed by atoms with Gasteiger partial charge in [0, 0.05) is 11.9 Å². The summed E-state index contributed by atoms with van der Waals surface area (Å²) in [6.45, 7) is 5.99. The Morgan fingerprint density at radius 2 is 2.06 bits per heavy atom. The summed E-state index contributed by atoms with van der Waals surface area (Å²) >= 11 is 0. The smallest absolute Gasteiger partial charge is 0.314 e. The molecule has 3 heteroatoms. The van der Waals surface area contributed by atoms with E-state index >= 15 is 0 Å². The van der Waals surface area contributed by atoms with Crippen molar-refractivity contribution in [3.8, 4) is 0 Å². The third kappa shape index (κ3) is 3.77. The molecule has 0 saturated heterocycles. The first kappa shape index (κ1) is 12.3. The molecule has 1 aromatic rings. The van der Waals surface area contributed by atoms with Crippen LogP contribution in [-0.4, -0.2) is 6.03 Å². The molecule has 2 N–H and O–H groups in total. The highest BCUT2D eigenvalue weighted by molar-refractivity contribution is 5.90. The van der Waals surface area contributed by atoms with Gasteiger partial charge in [-0.15, -0.1) is 0 Å². The number of rotatable bonds is 3. The predicted molar refractivity (Wildman–Crippen MR) is 67.4 cm³/mol. The van der Waals surface area contributed by atoms with Crippen LogP contribution in [0, 0.1) is 6.92 Å². The molecule has 0 aliphatic carbocycles. The molecule has 0 saturated carbocycles. The Hall–Kier alpha value is -1.77. The standard InChI is InChI=1S/C13H18N2O/c1-4-10(2)9-14-13(16)15-12-8-6-5-7-11(12)3/h5-9H,4H2,1-3H3,(H2,14,15,16)/b10-9+.